The van der Waals surface area contributed by atoms with Gasteiger partial charge in [-0.05, 0) is 145 Å². The molecule has 0 N–H and O–H groups in total. The van der Waals surface area contributed by atoms with Gasteiger partial charge in [0.15, 0.2) is 23.0 Å². The van der Waals surface area contributed by atoms with Crippen LogP contribution in [0.4, 0.5) is 0 Å². The van der Waals surface area contributed by atoms with Crippen molar-refractivity contribution < 1.29 is 18.9 Å². The predicted octanol–water partition coefficient (Wildman–Crippen LogP) is 17.3. The Balaban J connectivity index is 1.42. The lowest BCUT2D eigenvalue weighted by atomic mass is 9.70. The standard InChI is InChI=1S/C61H68Br2O4/c1-9-39(5)35-64-57-31-51-52-32-58(65-36-40(6)10-2)60(67-38-42(8)12-4)34-56(52)61(55(51)33-59(57)66-37-41(7)11-3)53-29-45(15-13-43-17-23-47(62)24-18-43)21-27-49(53)50-28-22-46(30-54(50)61)16-14-44-19-25-48(63)26-20-44/h13-25,27-34,39-42,48H,9-12,26,35-38H2,1-8H3/b15-13+,16-14+. The van der Waals surface area contributed by atoms with Crippen LogP contribution >= 0.6 is 31.9 Å². The summed E-state index contributed by atoms with van der Waals surface area (Å²) in [6.45, 7) is 20.3. The second kappa shape index (κ2) is 21.7. The molecule has 0 fully saturated rings. The van der Waals surface area contributed by atoms with Gasteiger partial charge in [0.05, 0.1) is 31.8 Å². The Labute approximate surface area is 417 Å². The van der Waals surface area contributed by atoms with E-state index in [1.807, 2.05) is 0 Å². The molecule has 8 rings (SSSR count). The summed E-state index contributed by atoms with van der Waals surface area (Å²) in [7, 11) is 0. The van der Waals surface area contributed by atoms with Crippen LogP contribution < -0.4 is 18.9 Å². The van der Waals surface area contributed by atoms with Crippen molar-refractivity contribution in [2.24, 2.45) is 23.7 Å². The molecule has 4 nitrogen and oxygen atoms in total. The number of rotatable bonds is 20. The molecule has 0 saturated carbocycles. The lowest BCUT2D eigenvalue weighted by Gasteiger charge is -2.32. The van der Waals surface area contributed by atoms with E-state index in [-0.39, 0.29) is 0 Å². The van der Waals surface area contributed by atoms with Crippen LogP contribution in [0.1, 0.15) is 126 Å². The molecule has 0 aliphatic heterocycles. The Bertz CT molecular complexity index is 2590. The zero-order valence-corrected chi connectivity index (χ0v) is 43.9. The highest BCUT2D eigenvalue weighted by atomic mass is 79.9. The average molecular weight is 1030 g/mol. The molecular formula is C61H68Br2O4. The topological polar surface area (TPSA) is 36.9 Å². The number of halogens is 2. The third kappa shape index (κ3) is 10.5. The maximum absolute atomic E-state index is 6.90. The van der Waals surface area contributed by atoms with Crippen molar-refractivity contribution >= 4 is 50.1 Å². The van der Waals surface area contributed by atoms with Gasteiger partial charge in [-0.3, -0.25) is 0 Å². The Hall–Kier alpha value is -4.78. The van der Waals surface area contributed by atoms with E-state index in [0.29, 0.717) is 54.9 Å². The first-order chi connectivity index (χ1) is 32.4. The number of alkyl halides is 1. The summed E-state index contributed by atoms with van der Waals surface area (Å²) < 4.78 is 28.5. The minimum Gasteiger partial charge on any atom is -0.489 e. The molecule has 5 aromatic carbocycles. The van der Waals surface area contributed by atoms with Gasteiger partial charge in [0.25, 0.3) is 0 Å². The number of hydrogen-bond donors (Lipinski definition) is 0. The van der Waals surface area contributed by atoms with E-state index in [1.165, 1.54) is 39.0 Å². The van der Waals surface area contributed by atoms with Crippen LogP contribution in [0.2, 0.25) is 0 Å². The van der Waals surface area contributed by atoms with Crippen molar-refractivity contribution in [3.63, 3.8) is 0 Å². The fourth-order valence-corrected chi connectivity index (χ4v) is 9.63. The van der Waals surface area contributed by atoms with Crippen molar-refractivity contribution in [1.29, 1.82) is 0 Å². The van der Waals surface area contributed by atoms with E-state index in [0.717, 1.165) is 87.4 Å². The summed E-state index contributed by atoms with van der Waals surface area (Å²) in [6, 6.07) is 31.7. The van der Waals surface area contributed by atoms with Crippen LogP contribution in [0.25, 0.3) is 40.5 Å². The first kappa shape index (κ1) is 48.7. The van der Waals surface area contributed by atoms with Gasteiger partial charge in [-0.25, -0.2) is 0 Å². The Morgan fingerprint density at radius 3 is 1.31 bits per heavy atom. The van der Waals surface area contributed by atoms with Gasteiger partial charge in [0, 0.05) is 9.30 Å². The van der Waals surface area contributed by atoms with Gasteiger partial charge in [-0.2, -0.15) is 0 Å². The quantitative estimate of drug-likeness (QED) is 0.0563. The van der Waals surface area contributed by atoms with Gasteiger partial charge < -0.3 is 18.9 Å². The Morgan fingerprint density at radius 1 is 0.507 bits per heavy atom. The van der Waals surface area contributed by atoms with Crippen molar-refractivity contribution in [2.75, 3.05) is 26.4 Å². The van der Waals surface area contributed by atoms with Crippen molar-refractivity contribution in [1.82, 2.24) is 0 Å². The summed E-state index contributed by atoms with van der Waals surface area (Å²) >= 11 is 7.36. The van der Waals surface area contributed by atoms with Gasteiger partial charge in [-0.15, -0.1) is 0 Å². The highest BCUT2D eigenvalue weighted by Gasteiger charge is 2.53. The first-order valence-electron chi connectivity index (χ1n) is 24.8. The molecule has 0 bridgehead atoms. The normalized spacial score (nSPS) is 18.6. The summed E-state index contributed by atoms with van der Waals surface area (Å²) in [4.78, 5) is 0.375. The highest BCUT2D eigenvalue weighted by Crippen LogP contribution is 2.65. The third-order valence-electron chi connectivity index (χ3n) is 14.2. The number of benzene rings is 5. The second-order valence-corrected chi connectivity index (χ2v) is 21.5. The molecule has 5 aromatic rings. The first-order valence-corrected chi connectivity index (χ1v) is 26.5. The molecule has 0 aromatic heterocycles. The molecule has 5 unspecified atom stereocenters. The molecule has 0 radical (unpaired) electrons. The maximum atomic E-state index is 6.90. The molecular weight excluding hydrogens is 956 g/mol. The molecule has 3 aliphatic rings. The summed E-state index contributed by atoms with van der Waals surface area (Å²) in [6.07, 6.45) is 20.8. The van der Waals surface area contributed by atoms with Crippen LogP contribution in [0.3, 0.4) is 0 Å². The lowest BCUT2D eigenvalue weighted by molar-refractivity contribution is 0.217. The van der Waals surface area contributed by atoms with Crippen LogP contribution in [0, 0.1) is 23.7 Å². The summed E-state index contributed by atoms with van der Waals surface area (Å²) in [5.74, 6) is 4.69. The van der Waals surface area contributed by atoms with Crippen LogP contribution in [-0.4, -0.2) is 31.3 Å². The summed E-state index contributed by atoms with van der Waals surface area (Å²) in [5, 5.41) is 0. The smallest absolute Gasteiger partial charge is 0.161 e. The average Bonchev–Trinajstić information content (AvgIpc) is 3.79. The SMILES string of the molecule is CCC(C)COc1cc2c(cc1OCC(C)CC)C1(c3cc(/C=C/C4=CCC(Br)C=C4)ccc3-c3ccc(/C=C/c4ccc(Br)cc4)cc31)c1cc(OCC(C)CC)c(OCC(C)CC)cc1-2. The monoisotopic (exact) mass is 1020 g/mol. The zero-order chi connectivity index (χ0) is 47.2. The predicted molar refractivity (Wildman–Crippen MR) is 289 cm³/mol. The van der Waals surface area contributed by atoms with Gasteiger partial charge in [0.2, 0.25) is 0 Å². The van der Waals surface area contributed by atoms with Crippen molar-refractivity contribution in [3.8, 4) is 45.3 Å². The molecule has 0 amide bonds. The van der Waals surface area contributed by atoms with E-state index in [9.17, 15) is 0 Å². The number of hydrogen-bond acceptors (Lipinski definition) is 4. The fraction of sp³-hybridized carbons (Fsp3) is 0.377. The molecule has 3 aliphatic carbocycles. The lowest BCUT2D eigenvalue weighted by Crippen LogP contribution is -2.26. The molecule has 350 valence electrons. The zero-order valence-electron chi connectivity index (χ0n) is 40.8. The van der Waals surface area contributed by atoms with Crippen molar-refractivity contribution in [2.45, 2.75) is 97.7 Å². The van der Waals surface area contributed by atoms with Gasteiger partial charge in [0.1, 0.15) is 0 Å². The van der Waals surface area contributed by atoms with E-state index >= 15 is 0 Å². The fourth-order valence-electron chi connectivity index (χ4n) is 9.02. The third-order valence-corrected chi connectivity index (χ3v) is 15.4. The summed E-state index contributed by atoms with van der Waals surface area (Å²) in [5.41, 5.74) is 13.5. The van der Waals surface area contributed by atoms with E-state index in [4.69, 9.17) is 18.9 Å². The molecule has 6 heteroatoms. The largest absolute Gasteiger partial charge is 0.489 e. The molecule has 0 saturated heterocycles. The Kier molecular flexibility index (Phi) is 15.7. The molecule has 5 atom stereocenters. The minimum atomic E-state index is -0.721. The van der Waals surface area contributed by atoms with E-state index in [2.05, 4.69) is 215 Å². The van der Waals surface area contributed by atoms with Gasteiger partial charge >= 0.3 is 0 Å². The highest BCUT2D eigenvalue weighted by molar-refractivity contribution is 9.10. The van der Waals surface area contributed by atoms with Gasteiger partial charge in [-0.1, -0.05) is 192 Å². The number of ether oxygens (including phenoxy) is 4. The molecule has 67 heavy (non-hydrogen) atoms. The van der Waals surface area contributed by atoms with E-state index < -0.39 is 5.41 Å². The van der Waals surface area contributed by atoms with Crippen LogP contribution in [0.5, 0.6) is 23.0 Å². The van der Waals surface area contributed by atoms with Crippen LogP contribution in [-0.2, 0) is 5.41 Å². The van der Waals surface area contributed by atoms with E-state index in [1.54, 1.807) is 0 Å². The number of fused-ring (bicyclic) bond motifs is 10. The second-order valence-electron chi connectivity index (χ2n) is 19.4. The van der Waals surface area contributed by atoms with Crippen LogP contribution in [0.15, 0.2) is 119 Å². The Morgan fingerprint density at radius 2 is 0.896 bits per heavy atom. The molecule has 0 heterocycles. The molecule has 1 spiro atoms. The maximum Gasteiger partial charge on any atom is 0.161 e. The minimum absolute atomic E-state index is 0.375. The van der Waals surface area contributed by atoms with Crippen molar-refractivity contribution in [3.05, 3.63) is 158 Å². The number of allylic oxidation sites excluding steroid dienone is 5.